The van der Waals surface area contributed by atoms with Crippen LogP contribution in [0.2, 0.25) is 0 Å². The normalized spacial score (nSPS) is 13.2. The van der Waals surface area contributed by atoms with E-state index < -0.39 is 18.0 Å². The summed E-state index contributed by atoms with van der Waals surface area (Å²) in [7, 11) is 0. The number of carboxylic acid groups (broad SMARTS) is 2. The average molecular weight is 351 g/mol. The molecule has 1 atom stereocenters. The van der Waals surface area contributed by atoms with Crippen molar-refractivity contribution in [2.45, 2.75) is 71.6 Å². The highest BCUT2D eigenvalue weighted by molar-refractivity contribution is 5.77. The second-order valence-electron chi connectivity index (χ2n) is 4.93. The molecule has 1 amide bonds. The molecule has 0 saturated carbocycles. The Balaban J connectivity index is -0.000000247. The predicted octanol–water partition coefficient (Wildman–Crippen LogP) is 0.249. The number of rotatable bonds is 5. The second-order valence-corrected chi connectivity index (χ2v) is 4.93. The highest BCUT2D eigenvalue weighted by Gasteiger charge is 2.07. The van der Waals surface area contributed by atoms with Gasteiger partial charge in [-0.15, -0.1) is 0 Å². The summed E-state index contributed by atoms with van der Waals surface area (Å²) < 4.78 is 0. The number of carbonyl (C=O) groups is 3. The largest absolute Gasteiger partial charge is 0.481 e. The fourth-order valence-corrected chi connectivity index (χ4v) is 0.954. The van der Waals surface area contributed by atoms with E-state index in [0.717, 1.165) is 32.2 Å². The van der Waals surface area contributed by atoms with E-state index >= 15 is 0 Å². The smallest absolute Gasteiger partial charge is 0.332 e. The first kappa shape index (κ1) is 27.2. The molecule has 1 aliphatic rings. The van der Waals surface area contributed by atoms with Gasteiger partial charge in [0.2, 0.25) is 5.91 Å². The third-order valence-corrected chi connectivity index (χ3v) is 2.51. The Hall–Kier alpha value is -1.71. The number of aliphatic hydroxyl groups excluding tert-OH is 1. The van der Waals surface area contributed by atoms with E-state index in [1.165, 1.54) is 0 Å². The van der Waals surface area contributed by atoms with Gasteiger partial charge >= 0.3 is 11.9 Å². The molecule has 1 unspecified atom stereocenters. The van der Waals surface area contributed by atoms with Gasteiger partial charge in [-0.05, 0) is 25.7 Å². The van der Waals surface area contributed by atoms with Crippen LogP contribution in [0.15, 0.2) is 0 Å². The van der Waals surface area contributed by atoms with Gasteiger partial charge < -0.3 is 32.1 Å². The van der Waals surface area contributed by atoms with E-state index in [0.29, 0.717) is 6.42 Å². The third-order valence-electron chi connectivity index (χ3n) is 2.51. The van der Waals surface area contributed by atoms with E-state index in [-0.39, 0.29) is 18.5 Å². The summed E-state index contributed by atoms with van der Waals surface area (Å²) in [4.78, 5) is 29.4. The summed E-state index contributed by atoms with van der Waals surface area (Å²) in [6, 6.07) is 0. The Labute approximate surface area is 143 Å². The molecule has 24 heavy (non-hydrogen) atoms. The molecule has 8 N–H and O–H groups in total. The molecule has 0 aromatic carbocycles. The monoisotopic (exact) mass is 351 g/mol. The summed E-state index contributed by atoms with van der Waals surface area (Å²) in [6.07, 6.45) is 2.62. The number of amides is 1. The van der Waals surface area contributed by atoms with Crippen molar-refractivity contribution in [1.82, 2.24) is 5.32 Å². The highest BCUT2D eigenvalue weighted by Crippen LogP contribution is 1.93. The van der Waals surface area contributed by atoms with Gasteiger partial charge in [-0.1, -0.05) is 20.8 Å². The Morgan fingerprint density at radius 1 is 1.17 bits per heavy atom. The Morgan fingerprint density at radius 2 is 1.67 bits per heavy atom. The average Bonchev–Trinajstić information content (AvgIpc) is 2.99. The zero-order valence-electron chi connectivity index (χ0n) is 14.8. The topological polar surface area (TPSA) is 176 Å². The lowest BCUT2D eigenvalue weighted by molar-refractivity contribution is -0.146. The van der Waals surface area contributed by atoms with Gasteiger partial charge in [0, 0.05) is 19.4 Å². The van der Waals surface area contributed by atoms with Gasteiger partial charge in [0.25, 0.3) is 0 Å². The fraction of sp³-hybridized carbons (Fsp3) is 0.800. The Kier molecular flexibility index (Phi) is 21.9. The summed E-state index contributed by atoms with van der Waals surface area (Å²) in [5.41, 5.74) is 10.1. The van der Waals surface area contributed by atoms with Crippen LogP contribution in [0.5, 0.6) is 0 Å². The van der Waals surface area contributed by atoms with E-state index in [9.17, 15) is 14.4 Å². The van der Waals surface area contributed by atoms with Crippen LogP contribution < -0.4 is 16.8 Å². The van der Waals surface area contributed by atoms with Crippen LogP contribution in [0.1, 0.15) is 59.3 Å². The fourth-order valence-electron chi connectivity index (χ4n) is 0.954. The molecule has 0 aliphatic carbocycles. The second kappa shape index (κ2) is 19.3. The zero-order valence-corrected chi connectivity index (χ0v) is 14.8. The minimum Gasteiger partial charge on any atom is -0.481 e. The van der Waals surface area contributed by atoms with Crippen LogP contribution in [-0.2, 0) is 14.4 Å². The molecule has 1 fully saturated rings. The molecule has 1 aliphatic heterocycles. The molecule has 9 heteroatoms. The van der Waals surface area contributed by atoms with Crippen molar-refractivity contribution in [3.63, 3.8) is 0 Å². The number of carbonyl (C=O) groups excluding carboxylic acids is 1. The molecule has 0 spiro atoms. The maximum absolute atomic E-state index is 10.1. The molecule has 0 bridgehead atoms. The molecule has 0 aromatic rings. The molecular formula is C15H33N3O6. The van der Waals surface area contributed by atoms with E-state index in [1.807, 2.05) is 13.8 Å². The number of aliphatic hydroxyl groups is 1. The lowest BCUT2D eigenvalue weighted by Crippen LogP contribution is -2.28. The minimum atomic E-state index is -1.18. The van der Waals surface area contributed by atoms with Crippen molar-refractivity contribution in [3.05, 3.63) is 0 Å². The van der Waals surface area contributed by atoms with Crippen LogP contribution in [0, 0.1) is 0 Å². The first-order valence-corrected chi connectivity index (χ1v) is 8.02. The lowest BCUT2D eigenvalue weighted by atomic mass is 10.3. The summed E-state index contributed by atoms with van der Waals surface area (Å²) in [5.74, 6) is -1.66. The zero-order chi connectivity index (χ0) is 19.5. The van der Waals surface area contributed by atoms with Crippen molar-refractivity contribution in [2.75, 3.05) is 6.54 Å². The van der Waals surface area contributed by atoms with Gasteiger partial charge in [0.05, 0.1) is 6.17 Å². The van der Waals surface area contributed by atoms with E-state index in [4.69, 9.17) is 26.8 Å². The number of carboxylic acids is 2. The molecule has 144 valence electrons. The predicted molar refractivity (Wildman–Crippen MR) is 91.2 cm³/mol. The van der Waals surface area contributed by atoms with Crippen LogP contribution >= 0.6 is 0 Å². The molecule has 1 saturated heterocycles. The molecule has 1 rings (SSSR count). The van der Waals surface area contributed by atoms with Crippen molar-refractivity contribution in [3.8, 4) is 0 Å². The quantitative estimate of drug-likeness (QED) is 0.382. The minimum absolute atomic E-state index is 0.116. The molecule has 0 aromatic heterocycles. The standard InChI is InChI=1S/C4H7NO.C4H8O3.C4H8O2.C3H10N2/c6-4-2-1-3-5-4;1-2-3(5)4(6)7;1-2-3-4(5)6;1-2-3(4)5/h1-3H2,(H,5,6);3,5H,2H2,1H3,(H,6,7);2-3H2,1H3,(H,5,6);3H,2,4-5H2,1H3. The lowest BCUT2D eigenvalue weighted by Gasteiger charge is -1.95. The maximum Gasteiger partial charge on any atom is 0.332 e. The Morgan fingerprint density at radius 3 is 1.71 bits per heavy atom. The van der Waals surface area contributed by atoms with Crippen molar-refractivity contribution in [2.24, 2.45) is 11.5 Å². The van der Waals surface area contributed by atoms with Crippen LogP contribution in [0.3, 0.4) is 0 Å². The van der Waals surface area contributed by atoms with Crippen LogP contribution in [0.25, 0.3) is 0 Å². The van der Waals surface area contributed by atoms with Crippen LogP contribution in [0.4, 0.5) is 0 Å². The summed E-state index contributed by atoms with van der Waals surface area (Å²) >= 11 is 0. The van der Waals surface area contributed by atoms with Crippen molar-refractivity contribution >= 4 is 17.8 Å². The van der Waals surface area contributed by atoms with Gasteiger partial charge in [-0.3, -0.25) is 9.59 Å². The number of nitrogens with two attached hydrogens (primary N) is 2. The number of nitrogens with one attached hydrogen (secondary N) is 1. The van der Waals surface area contributed by atoms with E-state index in [2.05, 4.69) is 5.32 Å². The van der Waals surface area contributed by atoms with Crippen LogP contribution in [-0.4, -0.2) is 52.0 Å². The van der Waals surface area contributed by atoms with E-state index in [1.54, 1.807) is 6.92 Å². The highest BCUT2D eigenvalue weighted by atomic mass is 16.4. The molecular weight excluding hydrogens is 318 g/mol. The summed E-state index contributed by atoms with van der Waals surface area (Å²) in [6.45, 7) is 6.29. The third kappa shape index (κ3) is 28.5. The molecule has 1 heterocycles. The first-order valence-electron chi connectivity index (χ1n) is 8.02. The van der Waals surface area contributed by atoms with Gasteiger partial charge in [0.15, 0.2) is 6.10 Å². The molecule has 9 nitrogen and oxygen atoms in total. The Bertz CT molecular complexity index is 329. The van der Waals surface area contributed by atoms with Gasteiger partial charge in [-0.25, -0.2) is 4.79 Å². The number of aliphatic carboxylic acids is 2. The van der Waals surface area contributed by atoms with Crippen molar-refractivity contribution < 1.29 is 29.7 Å². The first-order chi connectivity index (χ1) is 11.1. The maximum atomic E-state index is 10.1. The molecule has 0 radical (unpaired) electrons. The van der Waals surface area contributed by atoms with Gasteiger partial charge in [0.1, 0.15) is 0 Å². The number of hydrogen-bond donors (Lipinski definition) is 6. The number of hydrogen-bond acceptors (Lipinski definition) is 6. The SMILES string of the molecule is CCC(N)N.CCC(O)C(=O)O.CCCC(=O)O.O=C1CCCN1. The van der Waals surface area contributed by atoms with Gasteiger partial charge in [-0.2, -0.15) is 0 Å². The van der Waals surface area contributed by atoms with Crippen molar-refractivity contribution in [1.29, 1.82) is 0 Å². The summed E-state index contributed by atoms with van der Waals surface area (Å²) in [5, 5.41) is 26.9.